The highest BCUT2D eigenvalue weighted by atomic mass is 19.4. The van der Waals surface area contributed by atoms with E-state index in [0.29, 0.717) is 6.42 Å². The number of allylic oxidation sites excluding steroid dienone is 1. The van der Waals surface area contributed by atoms with E-state index in [1.54, 1.807) is 12.1 Å². The van der Waals surface area contributed by atoms with Crippen LogP contribution in [0.5, 0.6) is 0 Å². The quantitative estimate of drug-likeness (QED) is 0.469. The van der Waals surface area contributed by atoms with Crippen LogP contribution >= 0.6 is 0 Å². The standard InChI is InChI=1S/C23H19F3/c1-3-5-21-19(10-9-18-14-16(4-2)8-13-22(18)21)15-17-6-11-20(12-7-17)23(24,25)26/h3-14H,2,15H2,1H3/b5-3-. The van der Waals surface area contributed by atoms with E-state index in [9.17, 15) is 13.2 Å². The monoisotopic (exact) mass is 352 g/mol. The Bertz CT molecular complexity index is 961. The third-order valence-electron chi connectivity index (χ3n) is 4.42. The summed E-state index contributed by atoms with van der Waals surface area (Å²) in [6.45, 7) is 5.76. The molecule has 0 bridgehead atoms. The second-order valence-electron chi connectivity index (χ2n) is 6.19. The van der Waals surface area contributed by atoms with E-state index in [2.05, 4.69) is 30.9 Å². The van der Waals surface area contributed by atoms with Crippen LogP contribution in [0.25, 0.3) is 22.9 Å². The second kappa shape index (κ2) is 7.20. The number of fused-ring (bicyclic) bond motifs is 1. The van der Waals surface area contributed by atoms with Crippen molar-refractivity contribution in [2.75, 3.05) is 0 Å². The first-order chi connectivity index (χ1) is 12.4. The molecule has 3 rings (SSSR count). The summed E-state index contributed by atoms with van der Waals surface area (Å²) in [6, 6.07) is 15.6. The first-order valence-corrected chi connectivity index (χ1v) is 8.39. The van der Waals surface area contributed by atoms with Crippen LogP contribution in [-0.4, -0.2) is 0 Å². The number of rotatable bonds is 4. The molecule has 0 aliphatic rings. The van der Waals surface area contributed by atoms with Gasteiger partial charge in [-0.2, -0.15) is 13.2 Å². The molecule has 132 valence electrons. The van der Waals surface area contributed by atoms with Gasteiger partial charge >= 0.3 is 6.18 Å². The summed E-state index contributed by atoms with van der Waals surface area (Å²) in [5.41, 5.74) is 3.47. The minimum atomic E-state index is -4.31. The van der Waals surface area contributed by atoms with Gasteiger partial charge in [0, 0.05) is 0 Å². The Hall–Kier alpha value is -2.81. The molecule has 0 radical (unpaired) electrons. The van der Waals surface area contributed by atoms with Crippen molar-refractivity contribution in [2.45, 2.75) is 19.5 Å². The lowest BCUT2D eigenvalue weighted by atomic mass is 9.93. The van der Waals surface area contributed by atoms with Crippen molar-refractivity contribution in [3.8, 4) is 0 Å². The molecule has 0 fully saturated rings. The third kappa shape index (κ3) is 3.72. The molecule has 0 heterocycles. The van der Waals surface area contributed by atoms with Crippen molar-refractivity contribution >= 4 is 22.9 Å². The Morgan fingerprint density at radius 3 is 2.31 bits per heavy atom. The van der Waals surface area contributed by atoms with Crippen molar-refractivity contribution in [1.82, 2.24) is 0 Å². The van der Waals surface area contributed by atoms with E-state index < -0.39 is 11.7 Å². The summed E-state index contributed by atoms with van der Waals surface area (Å²) < 4.78 is 38.2. The summed E-state index contributed by atoms with van der Waals surface area (Å²) in [6.07, 6.45) is 2.12. The SMILES string of the molecule is C=Cc1ccc2c(/C=C\C)c(Cc3ccc(C(F)(F)F)cc3)ccc2c1. The Labute approximate surface area is 151 Å². The minimum absolute atomic E-state index is 0.580. The van der Waals surface area contributed by atoms with E-state index in [0.717, 1.165) is 45.2 Å². The average molecular weight is 352 g/mol. The van der Waals surface area contributed by atoms with Crippen LogP contribution in [0.2, 0.25) is 0 Å². The lowest BCUT2D eigenvalue weighted by Gasteiger charge is -2.12. The van der Waals surface area contributed by atoms with Gasteiger partial charge in [-0.1, -0.05) is 61.2 Å². The van der Waals surface area contributed by atoms with E-state index in [-0.39, 0.29) is 0 Å². The zero-order valence-electron chi connectivity index (χ0n) is 14.5. The topological polar surface area (TPSA) is 0 Å². The van der Waals surface area contributed by atoms with Gasteiger partial charge < -0.3 is 0 Å². The highest BCUT2D eigenvalue weighted by Crippen LogP contribution is 2.30. The third-order valence-corrected chi connectivity index (χ3v) is 4.42. The van der Waals surface area contributed by atoms with Crippen molar-refractivity contribution < 1.29 is 13.2 Å². The van der Waals surface area contributed by atoms with Crippen LogP contribution in [0.1, 0.15) is 34.7 Å². The predicted molar refractivity (Wildman–Crippen MR) is 103 cm³/mol. The van der Waals surface area contributed by atoms with Crippen molar-refractivity contribution in [2.24, 2.45) is 0 Å². The van der Waals surface area contributed by atoms with Crippen molar-refractivity contribution in [3.05, 3.63) is 95.1 Å². The highest BCUT2D eigenvalue weighted by Gasteiger charge is 2.29. The molecular formula is C23H19F3. The molecule has 26 heavy (non-hydrogen) atoms. The molecule has 0 aliphatic carbocycles. The molecule has 3 heteroatoms. The highest BCUT2D eigenvalue weighted by molar-refractivity contribution is 5.93. The van der Waals surface area contributed by atoms with Crippen LogP contribution in [0.3, 0.4) is 0 Å². The molecule has 0 aromatic heterocycles. The zero-order valence-corrected chi connectivity index (χ0v) is 14.5. The Balaban J connectivity index is 2.01. The molecule has 0 unspecified atom stereocenters. The van der Waals surface area contributed by atoms with Gasteiger partial charge in [-0.25, -0.2) is 0 Å². The van der Waals surface area contributed by atoms with Crippen LogP contribution in [0, 0.1) is 0 Å². The number of halogens is 3. The normalized spacial score (nSPS) is 12.0. The van der Waals surface area contributed by atoms with Gasteiger partial charge in [0.1, 0.15) is 0 Å². The smallest absolute Gasteiger partial charge is 0.166 e. The average Bonchev–Trinajstić information content (AvgIpc) is 2.63. The van der Waals surface area contributed by atoms with E-state index in [1.165, 1.54) is 0 Å². The maximum atomic E-state index is 12.7. The molecule has 0 saturated heterocycles. The number of benzene rings is 3. The summed E-state index contributed by atoms with van der Waals surface area (Å²) in [5.74, 6) is 0. The molecule has 3 aromatic carbocycles. The number of hydrogen-bond acceptors (Lipinski definition) is 0. The van der Waals surface area contributed by atoms with Gasteiger partial charge in [-0.05, 0) is 64.6 Å². The molecule has 3 aromatic rings. The largest absolute Gasteiger partial charge is 0.416 e. The molecule has 0 nitrogen and oxygen atoms in total. The van der Waals surface area contributed by atoms with E-state index >= 15 is 0 Å². The Morgan fingerprint density at radius 1 is 0.962 bits per heavy atom. The van der Waals surface area contributed by atoms with Gasteiger partial charge in [0.15, 0.2) is 0 Å². The molecular weight excluding hydrogens is 333 g/mol. The Morgan fingerprint density at radius 2 is 1.69 bits per heavy atom. The maximum Gasteiger partial charge on any atom is 0.416 e. The fourth-order valence-electron chi connectivity index (χ4n) is 3.09. The molecule has 0 amide bonds. The van der Waals surface area contributed by atoms with Gasteiger partial charge in [-0.3, -0.25) is 0 Å². The minimum Gasteiger partial charge on any atom is -0.166 e. The summed E-state index contributed by atoms with van der Waals surface area (Å²) in [5, 5.41) is 2.24. The Kier molecular flexibility index (Phi) is 4.99. The summed E-state index contributed by atoms with van der Waals surface area (Å²) in [7, 11) is 0. The van der Waals surface area contributed by atoms with Gasteiger partial charge in [0.2, 0.25) is 0 Å². The molecule has 0 aliphatic heterocycles. The molecule has 0 N–H and O–H groups in total. The molecule has 0 saturated carbocycles. The van der Waals surface area contributed by atoms with Crippen LogP contribution in [0.4, 0.5) is 13.2 Å². The lowest BCUT2D eigenvalue weighted by Crippen LogP contribution is -2.04. The second-order valence-corrected chi connectivity index (χ2v) is 6.19. The molecule has 0 spiro atoms. The summed E-state index contributed by atoms with van der Waals surface area (Å²) in [4.78, 5) is 0. The van der Waals surface area contributed by atoms with Crippen LogP contribution in [0.15, 0.2) is 67.3 Å². The fraction of sp³-hybridized carbons (Fsp3) is 0.130. The first-order valence-electron chi connectivity index (χ1n) is 8.39. The van der Waals surface area contributed by atoms with Crippen molar-refractivity contribution in [3.63, 3.8) is 0 Å². The zero-order chi connectivity index (χ0) is 18.7. The number of hydrogen-bond donors (Lipinski definition) is 0. The maximum absolute atomic E-state index is 12.7. The van der Waals surface area contributed by atoms with E-state index in [4.69, 9.17) is 0 Å². The lowest BCUT2D eigenvalue weighted by molar-refractivity contribution is -0.137. The van der Waals surface area contributed by atoms with Crippen LogP contribution in [-0.2, 0) is 12.6 Å². The van der Waals surface area contributed by atoms with Crippen molar-refractivity contribution in [1.29, 1.82) is 0 Å². The molecule has 0 atom stereocenters. The van der Waals surface area contributed by atoms with Crippen LogP contribution < -0.4 is 0 Å². The fourth-order valence-corrected chi connectivity index (χ4v) is 3.09. The number of alkyl halides is 3. The van der Waals surface area contributed by atoms with Gasteiger partial charge in [0.25, 0.3) is 0 Å². The van der Waals surface area contributed by atoms with Gasteiger partial charge in [0.05, 0.1) is 5.56 Å². The first kappa shape index (κ1) is 18.0. The predicted octanol–water partition coefficient (Wildman–Crippen LogP) is 7.13. The van der Waals surface area contributed by atoms with E-state index in [1.807, 2.05) is 31.2 Å². The summed E-state index contributed by atoms with van der Waals surface area (Å²) >= 11 is 0. The van der Waals surface area contributed by atoms with Gasteiger partial charge in [-0.15, -0.1) is 0 Å².